The molecule has 0 saturated carbocycles. The first kappa shape index (κ1) is 16.7. The van der Waals surface area contributed by atoms with Gasteiger partial charge in [-0.1, -0.05) is 23.7 Å². The van der Waals surface area contributed by atoms with Crippen LogP contribution in [0.25, 0.3) is 0 Å². The van der Waals surface area contributed by atoms with Crippen molar-refractivity contribution in [2.75, 3.05) is 13.7 Å². The van der Waals surface area contributed by atoms with Crippen LogP contribution < -0.4 is 10.1 Å². The van der Waals surface area contributed by atoms with E-state index in [-0.39, 0.29) is 12.1 Å². The van der Waals surface area contributed by atoms with Crippen molar-refractivity contribution in [3.05, 3.63) is 64.2 Å². The Labute approximate surface area is 132 Å². The zero-order valence-corrected chi connectivity index (χ0v) is 12.7. The normalized spacial score (nSPS) is 12.2. The maximum atomic E-state index is 13.5. The first-order valence-corrected chi connectivity index (χ1v) is 7.06. The molecule has 118 valence electrons. The van der Waals surface area contributed by atoms with E-state index in [1.165, 1.54) is 13.2 Å². The van der Waals surface area contributed by atoms with E-state index in [9.17, 15) is 13.9 Å². The lowest BCUT2D eigenvalue weighted by Gasteiger charge is -2.14. The average molecular weight is 328 g/mol. The Hall–Kier alpha value is -1.69. The largest absolute Gasteiger partial charge is 0.495 e. The van der Waals surface area contributed by atoms with E-state index in [0.717, 1.165) is 17.7 Å². The van der Waals surface area contributed by atoms with Gasteiger partial charge in [0.05, 0.1) is 23.8 Å². The molecule has 0 saturated heterocycles. The zero-order chi connectivity index (χ0) is 16.1. The van der Waals surface area contributed by atoms with Crippen LogP contribution in [-0.2, 0) is 6.54 Å². The van der Waals surface area contributed by atoms with Crippen molar-refractivity contribution in [3.8, 4) is 5.75 Å². The Morgan fingerprint density at radius 1 is 1.23 bits per heavy atom. The second kappa shape index (κ2) is 7.54. The number of aliphatic hydroxyl groups is 1. The molecule has 2 N–H and O–H groups in total. The molecular weight excluding hydrogens is 312 g/mol. The molecule has 3 nitrogen and oxygen atoms in total. The Morgan fingerprint density at radius 3 is 2.50 bits per heavy atom. The van der Waals surface area contributed by atoms with Gasteiger partial charge in [0.1, 0.15) is 17.4 Å². The van der Waals surface area contributed by atoms with Crippen molar-refractivity contribution in [3.63, 3.8) is 0 Å². The third kappa shape index (κ3) is 3.94. The molecule has 0 fully saturated rings. The van der Waals surface area contributed by atoms with Gasteiger partial charge in [0.2, 0.25) is 0 Å². The quantitative estimate of drug-likeness (QED) is 0.854. The lowest BCUT2D eigenvalue weighted by molar-refractivity contribution is 0.164. The van der Waals surface area contributed by atoms with Crippen molar-refractivity contribution in [2.45, 2.75) is 12.6 Å². The molecule has 0 spiro atoms. The van der Waals surface area contributed by atoms with Gasteiger partial charge >= 0.3 is 0 Å². The van der Waals surface area contributed by atoms with Crippen LogP contribution in [0.1, 0.15) is 17.2 Å². The summed E-state index contributed by atoms with van der Waals surface area (Å²) in [5.74, 6) is -0.956. The first-order chi connectivity index (χ1) is 10.5. The van der Waals surface area contributed by atoms with Gasteiger partial charge in [-0.05, 0) is 29.8 Å². The molecule has 2 rings (SSSR count). The standard InChI is InChI=1S/C16H16ClF2NO2/c1-22-15-6-5-10(7-11(15)17)8-20-9-14(21)16-12(18)3-2-4-13(16)19/h2-7,14,20-21H,8-9H2,1H3. The number of methoxy groups -OCH3 is 1. The number of aliphatic hydroxyl groups excluding tert-OH is 1. The summed E-state index contributed by atoms with van der Waals surface area (Å²) in [6.45, 7) is 0.415. The van der Waals surface area contributed by atoms with E-state index in [0.29, 0.717) is 17.3 Å². The van der Waals surface area contributed by atoms with Crippen LogP contribution in [0.3, 0.4) is 0 Å². The highest BCUT2D eigenvalue weighted by Crippen LogP contribution is 2.25. The Kier molecular flexibility index (Phi) is 5.71. The van der Waals surface area contributed by atoms with E-state index >= 15 is 0 Å². The smallest absolute Gasteiger partial charge is 0.137 e. The lowest BCUT2D eigenvalue weighted by Crippen LogP contribution is -2.22. The minimum Gasteiger partial charge on any atom is -0.495 e. The SMILES string of the molecule is COc1ccc(CNCC(O)c2c(F)cccc2F)cc1Cl. The molecule has 2 aromatic rings. The Morgan fingerprint density at radius 2 is 1.91 bits per heavy atom. The maximum Gasteiger partial charge on any atom is 0.137 e. The number of nitrogens with one attached hydrogen (secondary N) is 1. The molecule has 1 atom stereocenters. The highest BCUT2D eigenvalue weighted by molar-refractivity contribution is 6.32. The van der Waals surface area contributed by atoms with E-state index < -0.39 is 17.7 Å². The number of rotatable bonds is 6. The lowest BCUT2D eigenvalue weighted by atomic mass is 10.1. The highest BCUT2D eigenvalue weighted by atomic mass is 35.5. The first-order valence-electron chi connectivity index (χ1n) is 6.68. The van der Waals surface area contributed by atoms with Gasteiger partial charge in [0, 0.05) is 13.1 Å². The summed E-state index contributed by atoms with van der Waals surface area (Å²) in [6.07, 6.45) is -1.27. The van der Waals surface area contributed by atoms with Gasteiger partial charge in [-0.15, -0.1) is 0 Å². The van der Waals surface area contributed by atoms with Gasteiger partial charge < -0.3 is 15.2 Å². The molecule has 0 heterocycles. The fraction of sp³-hybridized carbons (Fsp3) is 0.250. The molecule has 0 aliphatic rings. The topological polar surface area (TPSA) is 41.5 Å². The third-order valence-corrected chi connectivity index (χ3v) is 3.51. The van der Waals surface area contributed by atoms with E-state index in [2.05, 4.69) is 5.32 Å². The molecule has 0 radical (unpaired) electrons. The summed E-state index contributed by atoms with van der Waals surface area (Å²) in [6, 6.07) is 8.76. The Balaban J connectivity index is 1.95. The zero-order valence-electron chi connectivity index (χ0n) is 11.9. The molecule has 2 aromatic carbocycles. The fourth-order valence-electron chi connectivity index (χ4n) is 2.10. The van der Waals surface area contributed by atoms with Gasteiger partial charge in [-0.25, -0.2) is 8.78 Å². The van der Waals surface area contributed by atoms with Crippen LogP contribution in [-0.4, -0.2) is 18.8 Å². The van der Waals surface area contributed by atoms with Gasteiger partial charge in [0.25, 0.3) is 0 Å². The molecule has 6 heteroatoms. The van der Waals surface area contributed by atoms with Gasteiger partial charge in [-0.3, -0.25) is 0 Å². The summed E-state index contributed by atoms with van der Waals surface area (Å²) in [5, 5.41) is 13.3. The van der Waals surface area contributed by atoms with Crippen LogP contribution in [0.15, 0.2) is 36.4 Å². The summed E-state index contributed by atoms with van der Waals surface area (Å²) in [5.41, 5.74) is 0.537. The molecule has 0 aliphatic carbocycles. The predicted octanol–water partition coefficient (Wildman–Crippen LogP) is 3.45. The summed E-state index contributed by atoms with van der Waals surface area (Å²) in [4.78, 5) is 0. The molecule has 1 unspecified atom stereocenters. The van der Waals surface area contributed by atoms with Crippen molar-refractivity contribution < 1.29 is 18.6 Å². The van der Waals surface area contributed by atoms with Gasteiger partial charge in [-0.2, -0.15) is 0 Å². The maximum absolute atomic E-state index is 13.5. The molecular formula is C16H16ClF2NO2. The van der Waals surface area contributed by atoms with Crippen molar-refractivity contribution in [1.82, 2.24) is 5.32 Å². The molecule has 0 aliphatic heterocycles. The molecule has 0 amide bonds. The van der Waals surface area contributed by atoms with Crippen LogP contribution in [0, 0.1) is 11.6 Å². The van der Waals surface area contributed by atoms with E-state index in [4.69, 9.17) is 16.3 Å². The van der Waals surface area contributed by atoms with Crippen LogP contribution >= 0.6 is 11.6 Å². The second-order valence-corrected chi connectivity index (χ2v) is 5.16. The predicted molar refractivity (Wildman–Crippen MR) is 81.0 cm³/mol. The number of hydrogen-bond acceptors (Lipinski definition) is 3. The summed E-state index contributed by atoms with van der Waals surface area (Å²) >= 11 is 6.01. The molecule has 0 aromatic heterocycles. The van der Waals surface area contributed by atoms with Gasteiger partial charge in [0.15, 0.2) is 0 Å². The number of hydrogen-bond donors (Lipinski definition) is 2. The van der Waals surface area contributed by atoms with Crippen molar-refractivity contribution in [1.29, 1.82) is 0 Å². The summed E-state index contributed by atoms with van der Waals surface area (Å²) < 4.78 is 32.1. The molecule has 0 bridgehead atoms. The minimum atomic E-state index is -1.27. The van der Waals surface area contributed by atoms with Crippen molar-refractivity contribution in [2.24, 2.45) is 0 Å². The average Bonchev–Trinajstić information content (AvgIpc) is 2.47. The Bertz CT molecular complexity index is 632. The monoisotopic (exact) mass is 327 g/mol. The summed E-state index contributed by atoms with van der Waals surface area (Å²) in [7, 11) is 1.53. The van der Waals surface area contributed by atoms with E-state index in [1.807, 2.05) is 6.07 Å². The van der Waals surface area contributed by atoms with Crippen LogP contribution in [0.2, 0.25) is 5.02 Å². The van der Waals surface area contributed by atoms with Crippen LogP contribution in [0.5, 0.6) is 5.75 Å². The second-order valence-electron chi connectivity index (χ2n) is 4.75. The third-order valence-electron chi connectivity index (χ3n) is 3.22. The number of ether oxygens (including phenoxy) is 1. The van der Waals surface area contributed by atoms with Crippen LogP contribution in [0.4, 0.5) is 8.78 Å². The molecule has 22 heavy (non-hydrogen) atoms. The number of benzene rings is 2. The highest BCUT2D eigenvalue weighted by Gasteiger charge is 2.17. The van der Waals surface area contributed by atoms with E-state index in [1.54, 1.807) is 12.1 Å². The minimum absolute atomic E-state index is 0.0154. The van der Waals surface area contributed by atoms with Crippen molar-refractivity contribution >= 4 is 11.6 Å². The number of halogens is 3. The fourth-order valence-corrected chi connectivity index (χ4v) is 2.38.